The number of ketones is 1. The number of rotatable bonds is 2. The quantitative estimate of drug-likeness (QED) is 0.819. The van der Waals surface area contributed by atoms with Gasteiger partial charge in [0.15, 0.2) is 0 Å². The molecule has 1 N–H and O–H groups in total. The van der Waals surface area contributed by atoms with Crippen LogP contribution in [-0.4, -0.2) is 11.7 Å². The predicted octanol–water partition coefficient (Wildman–Crippen LogP) is 2.77. The van der Waals surface area contributed by atoms with Gasteiger partial charge in [-0.05, 0) is 37.1 Å². The average Bonchev–Trinajstić information content (AvgIpc) is 2.35. The van der Waals surface area contributed by atoms with Gasteiger partial charge in [0, 0.05) is 11.6 Å². The van der Waals surface area contributed by atoms with Gasteiger partial charge in [0.25, 0.3) is 0 Å². The van der Waals surface area contributed by atoms with Crippen LogP contribution in [-0.2, 0) is 9.59 Å². The molecule has 96 valence electrons. The van der Waals surface area contributed by atoms with Gasteiger partial charge in [-0.25, -0.2) is 4.39 Å². The number of nitrogens with one attached hydrogen (secondary N) is 1. The van der Waals surface area contributed by atoms with Crippen molar-refractivity contribution in [2.24, 2.45) is 11.8 Å². The molecule has 2 rings (SSSR count). The lowest BCUT2D eigenvalue weighted by Crippen LogP contribution is -2.36. The van der Waals surface area contributed by atoms with E-state index in [0.29, 0.717) is 12.1 Å². The van der Waals surface area contributed by atoms with Crippen LogP contribution in [0, 0.1) is 17.7 Å². The third-order valence-electron chi connectivity index (χ3n) is 3.39. The van der Waals surface area contributed by atoms with Crippen molar-refractivity contribution in [3.05, 3.63) is 30.1 Å². The lowest BCUT2D eigenvalue weighted by molar-refractivity contribution is -0.135. The molecule has 1 aromatic carbocycles. The smallest absolute Gasteiger partial charge is 0.234 e. The highest BCUT2D eigenvalue weighted by molar-refractivity contribution is 6.08. The summed E-state index contributed by atoms with van der Waals surface area (Å²) < 4.78 is 12.7. The van der Waals surface area contributed by atoms with Crippen molar-refractivity contribution >= 4 is 17.4 Å². The summed E-state index contributed by atoms with van der Waals surface area (Å²) >= 11 is 0. The number of benzene rings is 1. The molecule has 0 aliphatic heterocycles. The minimum absolute atomic E-state index is 0.0147. The molecular weight excluding hydrogens is 233 g/mol. The summed E-state index contributed by atoms with van der Waals surface area (Å²) in [7, 11) is 0. The standard InChI is InChI=1S/C14H16FNO2/c1-9-3-2-4-12(13(9)17)14(18)16-11-7-5-10(15)6-8-11/h5-9,12H,2-4H2,1H3,(H,16,18). The molecule has 4 heteroatoms. The first-order valence-electron chi connectivity index (χ1n) is 6.18. The van der Waals surface area contributed by atoms with Crippen molar-refractivity contribution in [2.75, 3.05) is 5.32 Å². The molecule has 1 saturated carbocycles. The Balaban J connectivity index is 2.03. The molecule has 0 spiro atoms. The zero-order valence-corrected chi connectivity index (χ0v) is 10.3. The molecule has 0 saturated heterocycles. The van der Waals surface area contributed by atoms with E-state index in [-0.39, 0.29) is 23.4 Å². The van der Waals surface area contributed by atoms with E-state index in [2.05, 4.69) is 5.32 Å². The van der Waals surface area contributed by atoms with Crippen LogP contribution in [0.5, 0.6) is 0 Å². The molecule has 1 aromatic rings. The normalized spacial score (nSPS) is 23.8. The number of carbonyl (C=O) groups excluding carboxylic acids is 2. The van der Waals surface area contributed by atoms with Gasteiger partial charge in [0.05, 0.1) is 5.92 Å². The van der Waals surface area contributed by atoms with Crippen molar-refractivity contribution < 1.29 is 14.0 Å². The summed E-state index contributed by atoms with van der Waals surface area (Å²) in [4.78, 5) is 23.9. The van der Waals surface area contributed by atoms with Crippen molar-refractivity contribution in [3.8, 4) is 0 Å². The Labute approximate surface area is 105 Å². The first kappa shape index (κ1) is 12.7. The molecule has 2 unspecified atom stereocenters. The predicted molar refractivity (Wildman–Crippen MR) is 66.5 cm³/mol. The Morgan fingerprint density at radius 3 is 2.61 bits per heavy atom. The molecule has 18 heavy (non-hydrogen) atoms. The van der Waals surface area contributed by atoms with Crippen LogP contribution in [0.4, 0.5) is 10.1 Å². The molecule has 3 nitrogen and oxygen atoms in total. The van der Waals surface area contributed by atoms with Gasteiger partial charge in [0.2, 0.25) is 5.91 Å². The number of Topliss-reactive ketones (excluding diaryl/α,β-unsaturated/α-hetero) is 1. The Hall–Kier alpha value is -1.71. The fourth-order valence-corrected chi connectivity index (χ4v) is 2.28. The maximum Gasteiger partial charge on any atom is 0.234 e. The molecule has 0 bridgehead atoms. The van der Waals surface area contributed by atoms with E-state index in [1.165, 1.54) is 24.3 Å². The lowest BCUT2D eigenvalue weighted by Gasteiger charge is -2.24. The highest BCUT2D eigenvalue weighted by Gasteiger charge is 2.33. The largest absolute Gasteiger partial charge is 0.325 e. The summed E-state index contributed by atoms with van der Waals surface area (Å²) in [6.07, 6.45) is 2.36. The van der Waals surface area contributed by atoms with Gasteiger partial charge >= 0.3 is 0 Å². The molecule has 1 amide bonds. The van der Waals surface area contributed by atoms with Crippen molar-refractivity contribution in [2.45, 2.75) is 26.2 Å². The van der Waals surface area contributed by atoms with Gasteiger partial charge in [-0.1, -0.05) is 13.3 Å². The first-order chi connectivity index (χ1) is 8.58. The Morgan fingerprint density at radius 1 is 1.28 bits per heavy atom. The van der Waals surface area contributed by atoms with Crippen LogP contribution < -0.4 is 5.32 Å². The molecular formula is C14H16FNO2. The van der Waals surface area contributed by atoms with Gasteiger partial charge < -0.3 is 5.32 Å². The Bertz CT molecular complexity index is 455. The van der Waals surface area contributed by atoms with Gasteiger partial charge in [-0.3, -0.25) is 9.59 Å². The highest BCUT2D eigenvalue weighted by atomic mass is 19.1. The van der Waals surface area contributed by atoms with Crippen molar-refractivity contribution in [1.82, 2.24) is 0 Å². The number of carbonyl (C=O) groups is 2. The second-order valence-electron chi connectivity index (χ2n) is 4.78. The van der Waals surface area contributed by atoms with E-state index in [1.54, 1.807) is 0 Å². The van der Waals surface area contributed by atoms with Crippen LogP contribution in [0.25, 0.3) is 0 Å². The maximum absolute atomic E-state index is 12.7. The minimum Gasteiger partial charge on any atom is -0.325 e. The third kappa shape index (κ3) is 2.75. The summed E-state index contributed by atoms with van der Waals surface area (Å²) in [6, 6.07) is 5.54. The SMILES string of the molecule is CC1CCCC(C(=O)Nc2ccc(F)cc2)C1=O. The summed E-state index contributed by atoms with van der Waals surface area (Å²) in [6.45, 7) is 1.86. The van der Waals surface area contributed by atoms with Crippen LogP contribution in [0.2, 0.25) is 0 Å². The number of anilines is 1. The zero-order valence-electron chi connectivity index (χ0n) is 10.3. The first-order valence-corrected chi connectivity index (χ1v) is 6.18. The van der Waals surface area contributed by atoms with E-state index in [0.717, 1.165) is 12.8 Å². The number of hydrogen-bond acceptors (Lipinski definition) is 2. The van der Waals surface area contributed by atoms with E-state index < -0.39 is 5.92 Å². The number of amides is 1. The minimum atomic E-state index is -0.557. The summed E-state index contributed by atoms with van der Waals surface area (Å²) in [5.41, 5.74) is 0.521. The summed E-state index contributed by atoms with van der Waals surface area (Å²) in [5.74, 6) is -1.21. The Morgan fingerprint density at radius 2 is 1.94 bits per heavy atom. The fraction of sp³-hybridized carbons (Fsp3) is 0.429. The molecule has 0 aromatic heterocycles. The summed E-state index contributed by atoms with van der Waals surface area (Å²) in [5, 5.41) is 2.66. The molecule has 2 atom stereocenters. The molecule has 1 aliphatic rings. The monoisotopic (exact) mass is 249 g/mol. The average molecular weight is 249 g/mol. The van der Waals surface area contributed by atoms with E-state index >= 15 is 0 Å². The van der Waals surface area contributed by atoms with Gasteiger partial charge in [-0.2, -0.15) is 0 Å². The van der Waals surface area contributed by atoms with Crippen LogP contribution in [0.1, 0.15) is 26.2 Å². The van der Waals surface area contributed by atoms with E-state index in [9.17, 15) is 14.0 Å². The molecule has 0 radical (unpaired) electrons. The maximum atomic E-state index is 12.7. The highest BCUT2D eigenvalue weighted by Crippen LogP contribution is 2.26. The fourth-order valence-electron chi connectivity index (χ4n) is 2.28. The topological polar surface area (TPSA) is 46.2 Å². The van der Waals surface area contributed by atoms with Crippen LogP contribution in [0.3, 0.4) is 0 Å². The zero-order chi connectivity index (χ0) is 13.1. The number of hydrogen-bond donors (Lipinski definition) is 1. The van der Waals surface area contributed by atoms with Crippen molar-refractivity contribution in [3.63, 3.8) is 0 Å². The van der Waals surface area contributed by atoms with Crippen LogP contribution >= 0.6 is 0 Å². The molecule has 1 fully saturated rings. The molecule has 1 aliphatic carbocycles. The lowest BCUT2D eigenvalue weighted by atomic mass is 9.80. The van der Waals surface area contributed by atoms with Crippen LogP contribution in [0.15, 0.2) is 24.3 Å². The second-order valence-corrected chi connectivity index (χ2v) is 4.78. The Kier molecular flexibility index (Phi) is 3.75. The van der Waals surface area contributed by atoms with E-state index in [4.69, 9.17) is 0 Å². The second kappa shape index (κ2) is 5.29. The van der Waals surface area contributed by atoms with Gasteiger partial charge in [0.1, 0.15) is 11.6 Å². The third-order valence-corrected chi connectivity index (χ3v) is 3.39. The van der Waals surface area contributed by atoms with Crippen molar-refractivity contribution in [1.29, 1.82) is 0 Å². The molecule has 0 heterocycles. The number of halogens is 1. The van der Waals surface area contributed by atoms with Gasteiger partial charge in [-0.15, -0.1) is 0 Å². The van der Waals surface area contributed by atoms with E-state index in [1.807, 2.05) is 6.92 Å².